The van der Waals surface area contributed by atoms with Crippen LogP contribution in [0, 0.1) is 11.3 Å². The fourth-order valence-electron chi connectivity index (χ4n) is 1.44. The molecule has 0 unspecified atom stereocenters. The number of carbonyl (C=O) groups excluding carboxylic acids is 1. The second-order valence-electron chi connectivity index (χ2n) is 3.82. The predicted octanol–water partition coefficient (Wildman–Crippen LogP) is 3.34. The van der Waals surface area contributed by atoms with Gasteiger partial charge < -0.3 is 5.32 Å². The molecule has 0 aliphatic rings. The van der Waals surface area contributed by atoms with Crippen LogP contribution in [-0.4, -0.2) is 16.6 Å². The lowest BCUT2D eigenvalue weighted by atomic mass is 10.2. The molecular formula is C14H10ClN3OS. The molecule has 0 bridgehead atoms. The standard InChI is InChI=1S/C14H10ClN3OS/c15-12-2-1-7-17-14(12)20-9-13(19)18-11-5-3-10(8-16)4-6-11/h1-7H,9H2,(H,18,19). The molecular weight excluding hydrogens is 294 g/mol. The molecule has 1 N–H and O–H groups in total. The number of benzene rings is 1. The van der Waals surface area contributed by atoms with Crippen LogP contribution in [0.4, 0.5) is 5.69 Å². The number of pyridine rings is 1. The van der Waals surface area contributed by atoms with Crippen molar-refractivity contribution in [3.05, 3.63) is 53.2 Å². The lowest BCUT2D eigenvalue weighted by Gasteiger charge is -2.05. The van der Waals surface area contributed by atoms with Crippen molar-refractivity contribution in [3.63, 3.8) is 0 Å². The molecule has 2 aromatic rings. The van der Waals surface area contributed by atoms with Gasteiger partial charge in [-0.15, -0.1) is 0 Å². The van der Waals surface area contributed by atoms with E-state index in [4.69, 9.17) is 16.9 Å². The lowest BCUT2D eigenvalue weighted by Crippen LogP contribution is -2.14. The van der Waals surface area contributed by atoms with E-state index in [1.807, 2.05) is 6.07 Å². The summed E-state index contributed by atoms with van der Waals surface area (Å²) in [6, 6.07) is 12.2. The zero-order valence-corrected chi connectivity index (χ0v) is 11.9. The van der Waals surface area contributed by atoms with Crippen LogP contribution in [0.1, 0.15) is 5.56 Å². The molecule has 20 heavy (non-hydrogen) atoms. The number of anilines is 1. The molecule has 1 amide bonds. The molecule has 0 spiro atoms. The normalized spacial score (nSPS) is 9.80. The summed E-state index contributed by atoms with van der Waals surface area (Å²) in [5.41, 5.74) is 1.21. The summed E-state index contributed by atoms with van der Waals surface area (Å²) in [5, 5.41) is 12.6. The molecule has 2 rings (SSSR count). The van der Waals surface area contributed by atoms with Gasteiger partial charge in [0.15, 0.2) is 0 Å². The van der Waals surface area contributed by atoms with Crippen molar-refractivity contribution < 1.29 is 4.79 Å². The fraction of sp³-hybridized carbons (Fsp3) is 0.0714. The number of thioether (sulfide) groups is 1. The molecule has 0 aliphatic heterocycles. The van der Waals surface area contributed by atoms with Crippen LogP contribution in [-0.2, 0) is 4.79 Å². The summed E-state index contributed by atoms with van der Waals surface area (Å²) >= 11 is 7.23. The molecule has 1 aromatic carbocycles. The average Bonchev–Trinajstić information content (AvgIpc) is 2.47. The SMILES string of the molecule is N#Cc1ccc(NC(=O)CSc2ncccc2Cl)cc1. The van der Waals surface area contributed by atoms with Gasteiger partial charge in [-0.3, -0.25) is 4.79 Å². The summed E-state index contributed by atoms with van der Waals surface area (Å²) in [6.07, 6.45) is 1.63. The zero-order valence-electron chi connectivity index (χ0n) is 10.3. The highest BCUT2D eigenvalue weighted by Gasteiger charge is 2.07. The molecule has 0 radical (unpaired) electrons. The Morgan fingerprint density at radius 2 is 2.10 bits per heavy atom. The van der Waals surface area contributed by atoms with E-state index in [9.17, 15) is 4.79 Å². The molecule has 0 saturated carbocycles. The van der Waals surface area contributed by atoms with Crippen LogP contribution < -0.4 is 5.32 Å². The number of amides is 1. The van der Waals surface area contributed by atoms with E-state index in [2.05, 4.69) is 10.3 Å². The first-order chi connectivity index (χ1) is 9.69. The van der Waals surface area contributed by atoms with Gasteiger partial charge in [0.05, 0.1) is 22.4 Å². The van der Waals surface area contributed by atoms with Gasteiger partial charge >= 0.3 is 0 Å². The Morgan fingerprint density at radius 3 is 2.75 bits per heavy atom. The maximum atomic E-state index is 11.8. The number of aromatic nitrogens is 1. The highest BCUT2D eigenvalue weighted by Crippen LogP contribution is 2.24. The van der Waals surface area contributed by atoms with Crippen LogP contribution in [0.5, 0.6) is 0 Å². The second-order valence-corrected chi connectivity index (χ2v) is 5.19. The van der Waals surface area contributed by atoms with Crippen molar-refractivity contribution in [1.82, 2.24) is 4.98 Å². The Hall–Kier alpha value is -2.03. The minimum Gasteiger partial charge on any atom is -0.325 e. The third kappa shape index (κ3) is 3.98. The summed E-state index contributed by atoms with van der Waals surface area (Å²) in [5.74, 6) is 0.0675. The minimum absolute atomic E-state index is 0.151. The first kappa shape index (κ1) is 14.4. The van der Waals surface area contributed by atoms with Gasteiger partial charge in [0.25, 0.3) is 0 Å². The summed E-state index contributed by atoms with van der Waals surface area (Å²) < 4.78 is 0. The van der Waals surface area contributed by atoms with Crippen molar-refractivity contribution in [3.8, 4) is 6.07 Å². The monoisotopic (exact) mass is 303 g/mol. The van der Waals surface area contributed by atoms with Gasteiger partial charge in [0.1, 0.15) is 5.03 Å². The number of nitriles is 1. The van der Waals surface area contributed by atoms with Gasteiger partial charge in [-0.05, 0) is 36.4 Å². The highest BCUT2D eigenvalue weighted by molar-refractivity contribution is 8.00. The number of nitrogens with zero attached hydrogens (tertiary/aromatic N) is 2. The number of halogens is 1. The van der Waals surface area contributed by atoms with Crippen molar-refractivity contribution >= 4 is 35.0 Å². The molecule has 0 saturated heterocycles. The topological polar surface area (TPSA) is 65.8 Å². The lowest BCUT2D eigenvalue weighted by molar-refractivity contribution is -0.113. The third-order valence-corrected chi connectivity index (χ3v) is 3.78. The molecule has 4 nitrogen and oxygen atoms in total. The summed E-state index contributed by atoms with van der Waals surface area (Å²) in [6.45, 7) is 0. The largest absolute Gasteiger partial charge is 0.325 e. The maximum Gasteiger partial charge on any atom is 0.234 e. The van der Waals surface area contributed by atoms with E-state index in [0.717, 1.165) is 0 Å². The van der Waals surface area contributed by atoms with Gasteiger partial charge in [-0.2, -0.15) is 5.26 Å². The Bertz CT molecular complexity index is 652. The van der Waals surface area contributed by atoms with Gasteiger partial charge in [0.2, 0.25) is 5.91 Å². The molecule has 1 heterocycles. The number of rotatable bonds is 4. The van der Waals surface area contributed by atoms with Crippen molar-refractivity contribution in [2.75, 3.05) is 11.1 Å². The van der Waals surface area contributed by atoms with Crippen molar-refractivity contribution in [2.24, 2.45) is 0 Å². The summed E-state index contributed by atoms with van der Waals surface area (Å²) in [4.78, 5) is 15.9. The van der Waals surface area contributed by atoms with Gasteiger partial charge in [-0.1, -0.05) is 23.4 Å². The highest BCUT2D eigenvalue weighted by atomic mass is 35.5. The second kappa shape index (κ2) is 6.94. The van der Waals surface area contributed by atoms with E-state index in [1.165, 1.54) is 11.8 Å². The average molecular weight is 304 g/mol. The Balaban J connectivity index is 1.89. The Kier molecular flexibility index (Phi) is 4.99. The first-order valence-corrected chi connectivity index (χ1v) is 7.09. The number of nitrogens with one attached hydrogen (secondary N) is 1. The van der Waals surface area contributed by atoms with Crippen LogP contribution >= 0.6 is 23.4 Å². The number of hydrogen-bond acceptors (Lipinski definition) is 4. The number of carbonyl (C=O) groups is 1. The van der Waals surface area contributed by atoms with E-state index in [-0.39, 0.29) is 11.7 Å². The van der Waals surface area contributed by atoms with E-state index in [0.29, 0.717) is 21.3 Å². The predicted molar refractivity (Wildman–Crippen MR) is 79.8 cm³/mol. The molecule has 0 aliphatic carbocycles. The molecule has 0 atom stereocenters. The van der Waals surface area contributed by atoms with E-state index >= 15 is 0 Å². The quantitative estimate of drug-likeness (QED) is 0.880. The Labute approximate surface area is 125 Å². The summed E-state index contributed by atoms with van der Waals surface area (Å²) in [7, 11) is 0. The van der Waals surface area contributed by atoms with Crippen LogP contribution in [0.15, 0.2) is 47.6 Å². The van der Waals surface area contributed by atoms with Gasteiger partial charge in [-0.25, -0.2) is 4.98 Å². The molecule has 100 valence electrons. The van der Waals surface area contributed by atoms with Crippen LogP contribution in [0.3, 0.4) is 0 Å². The van der Waals surface area contributed by atoms with Gasteiger partial charge in [0, 0.05) is 11.9 Å². The molecule has 1 aromatic heterocycles. The van der Waals surface area contributed by atoms with Crippen LogP contribution in [0.25, 0.3) is 0 Å². The van der Waals surface area contributed by atoms with E-state index < -0.39 is 0 Å². The maximum absolute atomic E-state index is 11.8. The first-order valence-electron chi connectivity index (χ1n) is 5.72. The third-order valence-electron chi connectivity index (χ3n) is 2.36. The van der Waals surface area contributed by atoms with Crippen molar-refractivity contribution in [2.45, 2.75) is 5.03 Å². The van der Waals surface area contributed by atoms with Crippen LogP contribution in [0.2, 0.25) is 5.02 Å². The minimum atomic E-state index is -0.151. The van der Waals surface area contributed by atoms with E-state index in [1.54, 1.807) is 42.6 Å². The van der Waals surface area contributed by atoms with Crippen molar-refractivity contribution in [1.29, 1.82) is 5.26 Å². The zero-order chi connectivity index (χ0) is 14.4. The smallest absolute Gasteiger partial charge is 0.234 e. The Morgan fingerprint density at radius 1 is 1.35 bits per heavy atom. The molecule has 6 heteroatoms. The fourth-order valence-corrected chi connectivity index (χ4v) is 2.40. The molecule has 0 fully saturated rings. The number of hydrogen-bond donors (Lipinski definition) is 1.